The van der Waals surface area contributed by atoms with Crippen LogP contribution in [0.5, 0.6) is 0 Å². The molecule has 0 saturated heterocycles. The third kappa shape index (κ3) is 6.36. The molecule has 0 saturated carbocycles. The fourth-order valence-corrected chi connectivity index (χ4v) is 1.96. The van der Waals surface area contributed by atoms with Crippen molar-refractivity contribution >= 4 is 0 Å². The highest BCUT2D eigenvalue weighted by Gasteiger charge is 2.20. The van der Waals surface area contributed by atoms with E-state index in [1.165, 1.54) is 5.56 Å². The van der Waals surface area contributed by atoms with Crippen molar-refractivity contribution in [3.63, 3.8) is 0 Å². The van der Waals surface area contributed by atoms with Gasteiger partial charge in [0.2, 0.25) is 0 Å². The number of allylic oxidation sites excluding steroid dienone is 1. The van der Waals surface area contributed by atoms with Gasteiger partial charge in [-0.25, -0.2) is 9.78 Å². The predicted octanol–water partition coefficient (Wildman–Crippen LogP) is 5.39. The molecule has 1 aromatic rings. The molecule has 0 heterocycles. The van der Waals surface area contributed by atoms with E-state index in [1.54, 1.807) is 0 Å². The summed E-state index contributed by atoms with van der Waals surface area (Å²) in [5.74, 6) is 0.516. The Kier molecular flexibility index (Phi) is 6.44. The van der Waals surface area contributed by atoms with Gasteiger partial charge in [-0.05, 0) is 52.0 Å². The van der Waals surface area contributed by atoms with E-state index in [0.29, 0.717) is 5.92 Å². The Labute approximate surface area is 123 Å². The van der Waals surface area contributed by atoms with E-state index in [-0.39, 0.29) is 11.7 Å². The first-order chi connectivity index (χ1) is 9.31. The van der Waals surface area contributed by atoms with Crippen LogP contribution in [0.1, 0.15) is 57.8 Å². The minimum atomic E-state index is -0.301. The van der Waals surface area contributed by atoms with E-state index in [2.05, 4.69) is 44.7 Å². The second-order valence-corrected chi connectivity index (χ2v) is 6.56. The minimum Gasteiger partial charge on any atom is -0.230 e. The summed E-state index contributed by atoms with van der Waals surface area (Å²) in [5, 5.41) is 0. The molecule has 1 rings (SSSR count). The molecule has 0 N–H and O–H groups in total. The average molecular weight is 276 g/mol. The van der Waals surface area contributed by atoms with Crippen LogP contribution in [0, 0.1) is 12.8 Å². The summed E-state index contributed by atoms with van der Waals surface area (Å²) in [6.07, 6.45) is 3.83. The second-order valence-electron chi connectivity index (χ2n) is 6.56. The molecule has 20 heavy (non-hydrogen) atoms. The van der Waals surface area contributed by atoms with Crippen molar-refractivity contribution in [2.75, 3.05) is 0 Å². The first-order valence-corrected chi connectivity index (χ1v) is 7.34. The lowest BCUT2D eigenvalue weighted by atomic mass is 9.95. The van der Waals surface area contributed by atoms with Gasteiger partial charge in [-0.3, -0.25) is 0 Å². The first kappa shape index (κ1) is 16.9. The van der Waals surface area contributed by atoms with E-state index in [9.17, 15) is 0 Å². The Morgan fingerprint density at radius 2 is 1.80 bits per heavy atom. The van der Waals surface area contributed by atoms with Crippen molar-refractivity contribution in [1.82, 2.24) is 0 Å². The Balaban J connectivity index is 2.77. The summed E-state index contributed by atoms with van der Waals surface area (Å²) in [6.45, 7) is 14.1. The molecule has 112 valence electrons. The predicted molar refractivity (Wildman–Crippen MR) is 84.4 cm³/mol. The van der Waals surface area contributed by atoms with Crippen LogP contribution in [0.15, 0.2) is 36.9 Å². The molecule has 0 aromatic heterocycles. The number of hydrogen-bond donors (Lipinski definition) is 0. The lowest BCUT2D eigenvalue weighted by Gasteiger charge is -2.25. The minimum absolute atomic E-state index is 0.0372. The highest BCUT2D eigenvalue weighted by molar-refractivity contribution is 5.23. The van der Waals surface area contributed by atoms with Crippen LogP contribution in [0.4, 0.5) is 0 Å². The highest BCUT2D eigenvalue weighted by Crippen LogP contribution is 2.29. The van der Waals surface area contributed by atoms with Crippen molar-refractivity contribution < 1.29 is 9.78 Å². The molecule has 0 amide bonds. The molecule has 0 radical (unpaired) electrons. The molecule has 0 aliphatic heterocycles. The molecule has 0 fully saturated rings. The quantitative estimate of drug-likeness (QED) is 0.378. The monoisotopic (exact) mass is 276 g/mol. The van der Waals surface area contributed by atoms with E-state index in [1.807, 2.05) is 26.8 Å². The van der Waals surface area contributed by atoms with Gasteiger partial charge >= 0.3 is 0 Å². The Morgan fingerprint density at radius 1 is 1.20 bits per heavy atom. The normalized spacial score (nSPS) is 14.8. The summed E-state index contributed by atoms with van der Waals surface area (Å²) in [6, 6.07) is 8.46. The number of rotatable bonds is 7. The molecule has 2 atom stereocenters. The maximum atomic E-state index is 5.72. The van der Waals surface area contributed by atoms with Gasteiger partial charge in [0.1, 0.15) is 6.10 Å². The molecular formula is C18H28O2. The summed E-state index contributed by atoms with van der Waals surface area (Å²) >= 11 is 0. The lowest BCUT2D eigenvalue weighted by Crippen LogP contribution is -2.22. The zero-order chi connectivity index (χ0) is 15.2. The fraction of sp³-hybridized carbons (Fsp3) is 0.556. The molecule has 0 spiro atoms. The summed E-state index contributed by atoms with van der Waals surface area (Å²) in [4.78, 5) is 11.2. The largest absolute Gasteiger partial charge is 0.230 e. The Hall–Kier alpha value is -1.12. The lowest BCUT2D eigenvalue weighted by molar-refractivity contribution is -0.377. The topological polar surface area (TPSA) is 18.5 Å². The summed E-state index contributed by atoms with van der Waals surface area (Å²) < 4.78 is 0. The number of aryl methyl sites for hydroxylation is 1. The Morgan fingerprint density at radius 3 is 2.30 bits per heavy atom. The van der Waals surface area contributed by atoms with E-state index >= 15 is 0 Å². The maximum absolute atomic E-state index is 5.72. The van der Waals surface area contributed by atoms with E-state index in [0.717, 1.165) is 18.4 Å². The van der Waals surface area contributed by atoms with Gasteiger partial charge in [-0.1, -0.05) is 42.8 Å². The van der Waals surface area contributed by atoms with Crippen LogP contribution in [0.25, 0.3) is 0 Å². The van der Waals surface area contributed by atoms with E-state index in [4.69, 9.17) is 9.78 Å². The van der Waals surface area contributed by atoms with Gasteiger partial charge in [-0.15, -0.1) is 6.58 Å². The summed E-state index contributed by atoms with van der Waals surface area (Å²) in [5.41, 5.74) is 2.11. The van der Waals surface area contributed by atoms with Crippen LogP contribution < -0.4 is 0 Å². The van der Waals surface area contributed by atoms with Crippen LogP contribution in [-0.4, -0.2) is 5.60 Å². The molecule has 0 bridgehead atoms. The van der Waals surface area contributed by atoms with Crippen molar-refractivity contribution in [2.24, 2.45) is 5.92 Å². The van der Waals surface area contributed by atoms with Crippen molar-refractivity contribution in [2.45, 2.75) is 59.2 Å². The van der Waals surface area contributed by atoms with Crippen LogP contribution in [0.3, 0.4) is 0 Å². The average Bonchev–Trinajstić information content (AvgIpc) is 2.35. The highest BCUT2D eigenvalue weighted by atomic mass is 17.2. The van der Waals surface area contributed by atoms with Crippen molar-refractivity contribution in [1.29, 1.82) is 0 Å². The van der Waals surface area contributed by atoms with Crippen molar-refractivity contribution in [3.8, 4) is 0 Å². The third-order valence-electron chi connectivity index (χ3n) is 3.05. The van der Waals surface area contributed by atoms with Gasteiger partial charge in [-0.2, -0.15) is 0 Å². The molecule has 2 unspecified atom stereocenters. The van der Waals surface area contributed by atoms with Crippen LogP contribution in [-0.2, 0) is 9.78 Å². The molecule has 2 nitrogen and oxygen atoms in total. The first-order valence-electron chi connectivity index (χ1n) is 7.34. The van der Waals surface area contributed by atoms with Crippen LogP contribution >= 0.6 is 0 Å². The fourth-order valence-electron chi connectivity index (χ4n) is 1.96. The molecular weight excluding hydrogens is 248 g/mol. The second kappa shape index (κ2) is 7.61. The van der Waals surface area contributed by atoms with E-state index < -0.39 is 0 Å². The third-order valence-corrected chi connectivity index (χ3v) is 3.05. The van der Waals surface area contributed by atoms with Crippen molar-refractivity contribution in [3.05, 3.63) is 48.0 Å². The molecule has 1 aromatic carbocycles. The van der Waals surface area contributed by atoms with Gasteiger partial charge in [0, 0.05) is 0 Å². The summed E-state index contributed by atoms with van der Waals surface area (Å²) in [7, 11) is 0. The zero-order valence-electron chi connectivity index (χ0n) is 13.5. The molecule has 2 heteroatoms. The Bertz CT molecular complexity index is 400. The zero-order valence-corrected chi connectivity index (χ0v) is 13.5. The van der Waals surface area contributed by atoms with Crippen LogP contribution in [0.2, 0.25) is 0 Å². The number of benzene rings is 1. The van der Waals surface area contributed by atoms with Gasteiger partial charge < -0.3 is 0 Å². The smallest absolute Gasteiger partial charge is 0.118 e. The van der Waals surface area contributed by atoms with Gasteiger partial charge in [0.05, 0.1) is 5.60 Å². The van der Waals surface area contributed by atoms with Gasteiger partial charge in [0.25, 0.3) is 0 Å². The number of hydrogen-bond acceptors (Lipinski definition) is 2. The molecule has 0 aliphatic carbocycles. The maximum Gasteiger partial charge on any atom is 0.118 e. The standard InChI is InChI=1S/C18H28O2/c1-7-8-15(3)13-17(19-20-18(4,5)6)16-11-9-14(2)10-12-16/h7,9-12,15,17H,1,8,13H2,2-6H3. The SMILES string of the molecule is C=CCC(C)CC(OOC(C)(C)C)c1ccc(C)cc1. The molecule has 0 aliphatic rings. The van der Waals surface area contributed by atoms with Gasteiger partial charge in [0.15, 0.2) is 0 Å².